The highest BCUT2D eigenvalue weighted by Gasteiger charge is 2.43. The predicted molar refractivity (Wildman–Crippen MR) is 160 cm³/mol. The maximum atomic E-state index is 12.5. The Morgan fingerprint density at radius 2 is 1.92 bits per heavy atom. The van der Waals surface area contributed by atoms with Crippen molar-refractivity contribution in [1.82, 2.24) is 34.4 Å². The van der Waals surface area contributed by atoms with E-state index >= 15 is 0 Å². The molecular formula is C22H27N8O16P3. The number of rotatable bonds is 16. The number of aliphatic hydroxyl groups is 1. The Kier molecular flexibility index (Phi) is 12.2. The summed E-state index contributed by atoms with van der Waals surface area (Å²) in [6, 6.07) is 0. The molecule has 1 aliphatic rings. The number of phosphoric ester groups is 1. The number of H-pyrrole nitrogens is 1. The number of nitrogens with one attached hydrogen (secondary N) is 2. The molecule has 1 aliphatic heterocycles. The largest absolute Gasteiger partial charge is 0.490 e. The SMILES string of the molecule is [C-]#[N+]CCOc1ncnc2c1ncn2CCNC(=O)/C=C/c1cn([C@H]2CC(O)[C@@H](COP(=O)(O)OP(=O)(O)OP(=O)(O)O)O2)c(=O)[nH]c1=O. The lowest BCUT2D eigenvalue weighted by Gasteiger charge is -2.19. The van der Waals surface area contributed by atoms with Crippen LogP contribution in [0.15, 0.2) is 34.5 Å². The molecule has 24 nitrogen and oxygen atoms in total. The number of aromatic nitrogens is 6. The van der Waals surface area contributed by atoms with Crippen molar-refractivity contribution in [3.8, 4) is 5.88 Å². The fourth-order valence-electron chi connectivity index (χ4n) is 4.18. The third kappa shape index (κ3) is 10.8. The summed E-state index contributed by atoms with van der Waals surface area (Å²) >= 11 is 0. The van der Waals surface area contributed by atoms with E-state index in [1.807, 2.05) is 4.98 Å². The van der Waals surface area contributed by atoms with Crippen molar-refractivity contribution in [3.63, 3.8) is 0 Å². The number of hydrogen-bond acceptors (Lipinski definition) is 15. The van der Waals surface area contributed by atoms with Gasteiger partial charge in [0.1, 0.15) is 18.7 Å². The predicted octanol–water partition coefficient (Wildman–Crippen LogP) is -1.20. The number of imidazole rings is 1. The van der Waals surface area contributed by atoms with E-state index in [1.54, 1.807) is 4.57 Å². The summed E-state index contributed by atoms with van der Waals surface area (Å²) in [5, 5.41) is 12.9. The van der Waals surface area contributed by atoms with Gasteiger partial charge in [0.2, 0.25) is 18.3 Å². The van der Waals surface area contributed by atoms with Crippen LogP contribution in [0.3, 0.4) is 0 Å². The minimum Gasteiger partial charge on any atom is -0.468 e. The van der Waals surface area contributed by atoms with Crippen LogP contribution in [-0.4, -0.2) is 98.2 Å². The molecule has 7 N–H and O–H groups in total. The zero-order chi connectivity index (χ0) is 36.0. The molecule has 0 bridgehead atoms. The van der Waals surface area contributed by atoms with Crippen molar-refractivity contribution in [2.75, 3.05) is 26.3 Å². The first-order valence-corrected chi connectivity index (χ1v) is 18.0. The van der Waals surface area contributed by atoms with Crippen LogP contribution in [0.2, 0.25) is 0 Å². The summed E-state index contributed by atoms with van der Waals surface area (Å²) in [4.78, 5) is 91.0. The van der Waals surface area contributed by atoms with E-state index in [4.69, 9.17) is 25.8 Å². The number of aromatic amines is 1. The molecule has 266 valence electrons. The first kappa shape index (κ1) is 37.9. The molecular weight excluding hydrogens is 725 g/mol. The van der Waals surface area contributed by atoms with Crippen molar-refractivity contribution in [2.24, 2.45) is 0 Å². The van der Waals surface area contributed by atoms with Crippen LogP contribution in [0.5, 0.6) is 5.88 Å². The smallest absolute Gasteiger partial charge is 0.468 e. The third-order valence-electron chi connectivity index (χ3n) is 6.20. The van der Waals surface area contributed by atoms with Gasteiger partial charge in [0.25, 0.3) is 5.56 Å². The van der Waals surface area contributed by atoms with Crippen LogP contribution in [0, 0.1) is 6.57 Å². The van der Waals surface area contributed by atoms with Gasteiger partial charge in [0.05, 0.1) is 24.6 Å². The van der Waals surface area contributed by atoms with Gasteiger partial charge >= 0.3 is 29.2 Å². The van der Waals surface area contributed by atoms with Gasteiger partial charge < -0.3 is 48.9 Å². The van der Waals surface area contributed by atoms with E-state index in [0.717, 1.165) is 22.9 Å². The Hall–Kier alpha value is -3.94. The minimum absolute atomic E-state index is 0.109. The Labute approximate surface area is 273 Å². The van der Waals surface area contributed by atoms with Crippen molar-refractivity contribution >= 4 is 46.6 Å². The Morgan fingerprint density at radius 3 is 2.63 bits per heavy atom. The molecule has 27 heteroatoms. The molecule has 1 fully saturated rings. The van der Waals surface area contributed by atoms with E-state index in [-0.39, 0.29) is 44.1 Å². The van der Waals surface area contributed by atoms with E-state index in [0.29, 0.717) is 11.2 Å². The zero-order valence-corrected chi connectivity index (χ0v) is 27.3. The van der Waals surface area contributed by atoms with E-state index < -0.39 is 65.7 Å². The quantitative estimate of drug-likeness (QED) is 0.0391. The van der Waals surface area contributed by atoms with Crippen LogP contribution in [0.4, 0.5) is 0 Å². The number of fused-ring (bicyclic) bond motifs is 1. The fraction of sp³-hybridized carbons (Fsp3) is 0.409. The molecule has 0 spiro atoms. The molecule has 3 unspecified atom stereocenters. The second-order valence-corrected chi connectivity index (χ2v) is 14.1. The maximum absolute atomic E-state index is 12.5. The number of ether oxygens (including phenoxy) is 2. The summed E-state index contributed by atoms with van der Waals surface area (Å²) in [5.41, 5.74) is -1.22. The minimum atomic E-state index is -5.77. The summed E-state index contributed by atoms with van der Waals surface area (Å²) in [5.74, 6) is -0.402. The molecule has 0 aromatic carbocycles. The van der Waals surface area contributed by atoms with E-state index in [2.05, 4.69) is 38.3 Å². The lowest BCUT2D eigenvalue weighted by Crippen LogP contribution is -2.33. The number of carbonyl (C=O) groups is 1. The maximum Gasteiger partial charge on any atom is 0.490 e. The van der Waals surface area contributed by atoms with E-state index in [1.165, 1.54) is 12.7 Å². The normalized spacial score (nSPS) is 20.5. The topological polar surface area (TPSA) is 330 Å². The van der Waals surface area contributed by atoms with Crippen molar-refractivity contribution in [1.29, 1.82) is 0 Å². The second-order valence-electron chi connectivity index (χ2n) is 9.71. The lowest BCUT2D eigenvalue weighted by atomic mass is 10.2. The first-order chi connectivity index (χ1) is 23.0. The molecule has 0 radical (unpaired) electrons. The summed E-state index contributed by atoms with van der Waals surface area (Å²) in [6.07, 6.45) is 1.41. The average molecular weight is 752 g/mol. The van der Waals surface area contributed by atoms with Gasteiger partial charge in [-0.2, -0.15) is 13.6 Å². The summed E-state index contributed by atoms with van der Waals surface area (Å²) in [7, 11) is -16.9. The first-order valence-electron chi connectivity index (χ1n) is 13.5. The zero-order valence-electron chi connectivity index (χ0n) is 24.6. The molecule has 3 aromatic rings. The van der Waals surface area contributed by atoms with Crippen molar-refractivity contribution in [2.45, 2.75) is 31.4 Å². The van der Waals surface area contributed by atoms with Gasteiger partial charge in [-0.25, -0.2) is 35.0 Å². The lowest BCUT2D eigenvalue weighted by molar-refractivity contribution is -0.116. The molecule has 49 heavy (non-hydrogen) atoms. The molecule has 1 amide bonds. The fourth-order valence-corrected chi connectivity index (χ4v) is 7.21. The number of aliphatic hydroxyl groups excluding tert-OH is 1. The summed E-state index contributed by atoms with van der Waals surface area (Å²) in [6.45, 7) is 6.46. The Morgan fingerprint density at radius 1 is 1.16 bits per heavy atom. The number of hydrogen-bond donors (Lipinski definition) is 7. The highest BCUT2D eigenvalue weighted by molar-refractivity contribution is 7.66. The van der Waals surface area contributed by atoms with Crippen LogP contribution in [0.1, 0.15) is 18.2 Å². The Balaban J connectivity index is 1.34. The molecule has 1 saturated heterocycles. The second kappa shape index (κ2) is 15.7. The van der Waals surface area contributed by atoms with Gasteiger partial charge in [-0.15, -0.1) is 0 Å². The highest BCUT2D eigenvalue weighted by Crippen LogP contribution is 2.66. The van der Waals surface area contributed by atoms with Gasteiger partial charge in [0, 0.05) is 31.8 Å². The van der Waals surface area contributed by atoms with Crippen molar-refractivity contribution < 1.29 is 65.8 Å². The van der Waals surface area contributed by atoms with E-state index in [9.17, 15) is 43.0 Å². The molecule has 3 aromatic heterocycles. The molecule has 0 saturated carbocycles. The number of phosphoric acid groups is 3. The summed E-state index contributed by atoms with van der Waals surface area (Å²) < 4.78 is 59.3. The number of nitrogens with zero attached hydrogens (tertiary/aromatic N) is 6. The van der Waals surface area contributed by atoms with Gasteiger partial charge in [0.15, 0.2) is 17.8 Å². The molecule has 5 atom stereocenters. The van der Waals surface area contributed by atoms with Gasteiger partial charge in [-0.3, -0.25) is 23.7 Å². The standard InChI is InChI=1S/C22H27N8O16P3/c1-23-5-7-42-21-18-19(25-11-26-21)29(12-27-18)6-4-24-16(32)3-2-13-9-30(22(34)28-20(13)33)17-8-14(31)15(44-17)10-43-48(38,39)46-49(40,41)45-47(35,36)37/h2-3,9,11-12,14-15,17,31H,4-8,10H2,(H,24,32)(H,38,39)(H,40,41)(H,28,33,34)(H2,35,36,37)/b3-2+/t14?,15-,17-/m1/s1. The number of carbonyl (C=O) groups excluding carboxylic acids is 1. The Bertz CT molecular complexity index is 2020. The van der Waals surface area contributed by atoms with Crippen LogP contribution < -0.4 is 21.3 Å². The van der Waals surface area contributed by atoms with Crippen LogP contribution in [0.25, 0.3) is 22.1 Å². The van der Waals surface area contributed by atoms with Crippen LogP contribution in [-0.2, 0) is 42.9 Å². The third-order valence-corrected chi connectivity index (χ3v) is 10.0. The van der Waals surface area contributed by atoms with Gasteiger partial charge in [-0.1, -0.05) is 0 Å². The molecule has 4 heterocycles. The van der Waals surface area contributed by atoms with Crippen LogP contribution >= 0.6 is 23.5 Å². The monoisotopic (exact) mass is 752 g/mol. The average Bonchev–Trinajstić information content (AvgIpc) is 3.57. The van der Waals surface area contributed by atoms with Crippen molar-refractivity contribution in [3.05, 3.63) is 62.7 Å². The highest BCUT2D eigenvalue weighted by atomic mass is 31.3. The molecule has 4 rings (SSSR count). The number of amides is 1. The molecule has 0 aliphatic carbocycles. The van der Waals surface area contributed by atoms with Gasteiger partial charge in [-0.05, 0) is 6.08 Å².